The molecule has 0 unspecified atom stereocenters. The van der Waals surface area contributed by atoms with E-state index in [9.17, 15) is 5.11 Å². The monoisotopic (exact) mass is 413 g/mol. The van der Waals surface area contributed by atoms with E-state index in [1.54, 1.807) is 6.20 Å². The molecule has 0 amide bonds. The highest BCUT2D eigenvalue weighted by atomic mass is 16.6. The third-order valence-corrected chi connectivity index (χ3v) is 5.23. The van der Waals surface area contributed by atoms with E-state index in [0.717, 1.165) is 28.2 Å². The fraction of sp³-hybridized carbons (Fsp3) is 0.381. The fourth-order valence-corrected chi connectivity index (χ4v) is 3.96. The molecule has 30 heavy (non-hydrogen) atoms. The number of imidazole rings is 1. The summed E-state index contributed by atoms with van der Waals surface area (Å²) in [5.41, 5.74) is 1.68. The molecule has 3 aromatic rings. The second-order valence-corrected chi connectivity index (χ2v) is 6.98. The van der Waals surface area contributed by atoms with Crippen molar-refractivity contribution >= 4 is 17.4 Å². The van der Waals surface area contributed by atoms with Crippen LogP contribution in [0.4, 0.5) is 0 Å². The molecule has 9 nitrogen and oxygen atoms in total. The Morgan fingerprint density at radius 2 is 2.03 bits per heavy atom. The molecule has 0 saturated carbocycles. The van der Waals surface area contributed by atoms with E-state index in [1.165, 1.54) is 0 Å². The first-order valence-corrected chi connectivity index (χ1v) is 9.72. The van der Waals surface area contributed by atoms with Crippen LogP contribution < -0.4 is 4.74 Å². The van der Waals surface area contributed by atoms with Gasteiger partial charge in [-0.3, -0.25) is 4.79 Å². The molecule has 0 aliphatic carbocycles. The summed E-state index contributed by atoms with van der Waals surface area (Å²) >= 11 is 0. The van der Waals surface area contributed by atoms with Gasteiger partial charge in [0.1, 0.15) is 29.8 Å². The van der Waals surface area contributed by atoms with Crippen LogP contribution in [0.3, 0.4) is 0 Å². The summed E-state index contributed by atoms with van der Waals surface area (Å²) in [5.74, 6) is 1.61. The normalized spacial score (nSPS) is 24.9. The Labute approximate surface area is 172 Å². The number of aliphatic hydroxyl groups is 1. The van der Waals surface area contributed by atoms with Crippen molar-refractivity contribution in [1.29, 1.82) is 0 Å². The molecular weight excluding hydrogens is 390 g/mol. The second kappa shape index (κ2) is 8.78. The minimum absolute atomic E-state index is 0.0255. The number of carbonyl (C=O) groups is 1. The minimum Gasteiger partial charge on any atom is -0.494 e. The molecule has 2 aliphatic heterocycles. The van der Waals surface area contributed by atoms with E-state index in [2.05, 4.69) is 4.98 Å². The fourth-order valence-electron chi connectivity index (χ4n) is 3.96. The van der Waals surface area contributed by atoms with E-state index >= 15 is 0 Å². The van der Waals surface area contributed by atoms with Crippen molar-refractivity contribution in [1.82, 2.24) is 14.5 Å². The summed E-state index contributed by atoms with van der Waals surface area (Å²) in [7, 11) is 0. The van der Waals surface area contributed by atoms with Gasteiger partial charge >= 0.3 is 0 Å². The maximum absolute atomic E-state index is 9.98. The standard InChI is InChI=1S/C20H21N3O4.CH2O2/c1-2-25-13-4-6-14-12(9-13)3-5-15(22-14)20-21-7-8-23(20)16-10-26-19-17(24)11-27-18(16)19;2-1-3/h3-9,16-19,24H,2,10-11H2,1H3;1H,(H,2,3)/t16-,17+,18+,19+;/m0./s1. The van der Waals surface area contributed by atoms with Crippen molar-refractivity contribution < 1.29 is 29.2 Å². The summed E-state index contributed by atoms with van der Waals surface area (Å²) < 4.78 is 19.1. The van der Waals surface area contributed by atoms with Crippen LogP contribution in [0.2, 0.25) is 0 Å². The number of hydrogen-bond donors (Lipinski definition) is 2. The van der Waals surface area contributed by atoms with Crippen LogP contribution in [0.25, 0.3) is 22.4 Å². The zero-order valence-corrected chi connectivity index (χ0v) is 16.4. The number of pyridine rings is 1. The number of aromatic nitrogens is 3. The highest BCUT2D eigenvalue weighted by Crippen LogP contribution is 2.36. The maximum atomic E-state index is 9.98. The van der Waals surface area contributed by atoms with Crippen molar-refractivity contribution in [2.24, 2.45) is 0 Å². The predicted molar refractivity (Wildman–Crippen MR) is 107 cm³/mol. The molecule has 9 heteroatoms. The van der Waals surface area contributed by atoms with E-state index in [4.69, 9.17) is 29.1 Å². The summed E-state index contributed by atoms with van der Waals surface area (Å²) in [6, 6.07) is 9.85. The van der Waals surface area contributed by atoms with Crippen molar-refractivity contribution in [3.63, 3.8) is 0 Å². The molecule has 0 bridgehead atoms. The van der Waals surface area contributed by atoms with Crippen LogP contribution >= 0.6 is 0 Å². The summed E-state index contributed by atoms with van der Waals surface area (Å²) in [6.07, 6.45) is 2.68. The van der Waals surface area contributed by atoms with E-state index < -0.39 is 6.10 Å². The molecule has 158 valence electrons. The molecule has 2 N–H and O–H groups in total. The Morgan fingerprint density at radius 1 is 1.23 bits per heavy atom. The quantitative estimate of drug-likeness (QED) is 0.623. The van der Waals surface area contributed by atoms with E-state index in [-0.39, 0.29) is 24.7 Å². The topological polar surface area (TPSA) is 116 Å². The Morgan fingerprint density at radius 3 is 2.83 bits per heavy atom. The molecule has 0 radical (unpaired) electrons. The molecule has 2 aromatic heterocycles. The molecule has 4 heterocycles. The van der Waals surface area contributed by atoms with Crippen molar-refractivity contribution in [3.05, 3.63) is 42.7 Å². The molecule has 5 rings (SSSR count). The Kier molecular flexibility index (Phi) is 5.93. The summed E-state index contributed by atoms with van der Waals surface area (Å²) in [5, 5.41) is 17.9. The Bertz CT molecular complexity index is 1020. The average molecular weight is 413 g/mol. The third kappa shape index (κ3) is 3.74. The molecule has 2 saturated heterocycles. The molecule has 2 fully saturated rings. The van der Waals surface area contributed by atoms with Crippen molar-refractivity contribution in [2.75, 3.05) is 19.8 Å². The van der Waals surface area contributed by atoms with Gasteiger partial charge in [-0.2, -0.15) is 0 Å². The van der Waals surface area contributed by atoms with Gasteiger partial charge in [-0.25, -0.2) is 9.97 Å². The molecular formula is C21H23N3O6. The van der Waals surface area contributed by atoms with Crippen molar-refractivity contribution in [3.8, 4) is 17.3 Å². The van der Waals surface area contributed by atoms with Crippen LogP contribution in [-0.2, 0) is 14.3 Å². The van der Waals surface area contributed by atoms with Gasteiger partial charge in [0.15, 0.2) is 5.82 Å². The largest absolute Gasteiger partial charge is 0.494 e. The minimum atomic E-state index is -0.565. The second-order valence-electron chi connectivity index (χ2n) is 6.98. The number of carboxylic acid groups (broad SMARTS) is 1. The van der Waals surface area contributed by atoms with Crippen LogP contribution in [0.15, 0.2) is 42.7 Å². The van der Waals surface area contributed by atoms with Gasteiger partial charge in [0.25, 0.3) is 6.47 Å². The van der Waals surface area contributed by atoms with E-state index in [1.807, 2.05) is 48.0 Å². The Balaban J connectivity index is 0.000000687. The SMILES string of the molecule is CCOc1ccc2nc(-c3nccn3[C@H]3CO[C@H]4[C@@H]3OC[C@H]4O)ccc2c1.O=CO. The first-order chi connectivity index (χ1) is 14.7. The summed E-state index contributed by atoms with van der Waals surface area (Å²) in [4.78, 5) is 17.7. The van der Waals surface area contributed by atoms with Gasteiger partial charge in [-0.05, 0) is 31.2 Å². The van der Waals surface area contributed by atoms with Crippen LogP contribution in [0, 0.1) is 0 Å². The smallest absolute Gasteiger partial charge is 0.290 e. The molecule has 0 spiro atoms. The zero-order valence-electron chi connectivity index (χ0n) is 16.4. The lowest BCUT2D eigenvalue weighted by molar-refractivity contribution is -0.122. The number of benzene rings is 1. The molecule has 2 aliphatic rings. The predicted octanol–water partition coefficient (Wildman–Crippen LogP) is 1.90. The lowest BCUT2D eigenvalue weighted by Crippen LogP contribution is -2.30. The first kappa shape index (κ1) is 20.3. The van der Waals surface area contributed by atoms with Gasteiger partial charge < -0.3 is 29.0 Å². The number of rotatable bonds is 4. The zero-order chi connectivity index (χ0) is 21.1. The van der Waals surface area contributed by atoms with E-state index in [0.29, 0.717) is 19.8 Å². The van der Waals surface area contributed by atoms with Gasteiger partial charge in [0.2, 0.25) is 0 Å². The van der Waals surface area contributed by atoms with Gasteiger partial charge in [0, 0.05) is 17.8 Å². The molecule has 1 aromatic carbocycles. The van der Waals surface area contributed by atoms with Gasteiger partial charge in [-0.1, -0.05) is 6.07 Å². The molecule has 4 atom stereocenters. The summed E-state index contributed by atoms with van der Waals surface area (Å²) in [6.45, 7) is 3.15. The number of aliphatic hydroxyl groups excluding tert-OH is 1. The number of fused-ring (bicyclic) bond motifs is 2. The van der Waals surface area contributed by atoms with Gasteiger partial charge in [-0.15, -0.1) is 0 Å². The van der Waals surface area contributed by atoms with Crippen LogP contribution in [0.5, 0.6) is 5.75 Å². The first-order valence-electron chi connectivity index (χ1n) is 9.72. The van der Waals surface area contributed by atoms with Crippen LogP contribution in [0.1, 0.15) is 13.0 Å². The lowest BCUT2D eigenvalue weighted by Gasteiger charge is -2.19. The maximum Gasteiger partial charge on any atom is 0.290 e. The Hall–Kier alpha value is -3.01. The lowest BCUT2D eigenvalue weighted by atomic mass is 10.1. The van der Waals surface area contributed by atoms with Crippen LogP contribution in [-0.4, -0.2) is 69.4 Å². The van der Waals surface area contributed by atoms with Gasteiger partial charge in [0.05, 0.1) is 31.4 Å². The highest BCUT2D eigenvalue weighted by molar-refractivity contribution is 5.82. The third-order valence-electron chi connectivity index (χ3n) is 5.23. The number of nitrogens with zero attached hydrogens (tertiary/aromatic N) is 3. The number of ether oxygens (including phenoxy) is 3. The number of hydrogen-bond acceptors (Lipinski definition) is 7. The van der Waals surface area contributed by atoms with Crippen molar-refractivity contribution in [2.45, 2.75) is 31.3 Å². The average Bonchev–Trinajstić information content (AvgIpc) is 3.46. The highest BCUT2D eigenvalue weighted by Gasteiger charge is 2.48.